The molecule has 0 amide bonds. The van der Waals surface area contributed by atoms with E-state index in [4.69, 9.17) is 4.42 Å². The molecule has 2 atom stereocenters. The highest BCUT2D eigenvalue weighted by atomic mass is 32.2. The molecule has 0 bridgehead atoms. The Morgan fingerprint density at radius 2 is 1.79 bits per heavy atom. The molecule has 1 fully saturated rings. The van der Waals surface area contributed by atoms with Crippen molar-refractivity contribution >= 4 is 27.1 Å². The average molecular weight is 417 g/mol. The molecule has 0 saturated carbocycles. The van der Waals surface area contributed by atoms with Gasteiger partial charge in [-0.25, -0.2) is 8.42 Å². The maximum Gasteiger partial charge on any atom is 0.240 e. The molecule has 3 heterocycles. The van der Waals surface area contributed by atoms with Crippen LogP contribution in [0.1, 0.15) is 25.8 Å². The van der Waals surface area contributed by atoms with Crippen LogP contribution in [-0.2, 0) is 9.84 Å². The van der Waals surface area contributed by atoms with Crippen molar-refractivity contribution in [2.24, 2.45) is 11.8 Å². The minimum absolute atomic E-state index is 0.0149. The van der Waals surface area contributed by atoms with Crippen LogP contribution in [0.3, 0.4) is 0 Å². The first-order chi connectivity index (χ1) is 13.3. The van der Waals surface area contributed by atoms with Gasteiger partial charge in [-0.05, 0) is 48.8 Å². The molecule has 0 N–H and O–H groups in total. The molecule has 1 aliphatic heterocycles. The van der Waals surface area contributed by atoms with Crippen molar-refractivity contribution in [3.8, 4) is 10.8 Å². The number of thiophene rings is 1. The number of rotatable bonds is 4. The molecule has 3 aromatic rings. The molecule has 1 aliphatic rings. The number of piperidine rings is 1. The van der Waals surface area contributed by atoms with Crippen LogP contribution in [-0.4, -0.2) is 26.5 Å². The minimum atomic E-state index is -3.78. The molecule has 5 nitrogen and oxygen atoms in total. The molecule has 148 valence electrons. The summed E-state index contributed by atoms with van der Waals surface area (Å²) in [4.78, 5) is 7.57. The van der Waals surface area contributed by atoms with E-state index in [9.17, 15) is 8.42 Å². The van der Waals surface area contributed by atoms with E-state index < -0.39 is 9.84 Å². The fraction of sp³-hybridized carbons (Fsp3) is 0.381. The number of hydrogen-bond acceptors (Lipinski definition) is 6. The predicted molar refractivity (Wildman–Crippen MR) is 112 cm³/mol. The minimum Gasteiger partial charge on any atom is -0.418 e. The van der Waals surface area contributed by atoms with Gasteiger partial charge < -0.3 is 9.32 Å². The summed E-state index contributed by atoms with van der Waals surface area (Å²) in [5.74, 6) is 1.66. The van der Waals surface area contributed by atoms with Crippen molar-refractivity contribution in [1.29, 1.82) is 0 Å². The first kappa shape index (κ1) is 19.2. The Hall–Kier alpha value is -2.12. The highest BCUT2D eigenvalue weighted by Crippen LogP contribution is 2.38. The molecule has 2 aromatic heterocycles. The lowest BCUT2D eigenvalue weighted by Gasteiger charge is -2.34. The molecule has 1 saturated heterocycles. The van der Waals surface area contributed by atoms with Crippen LogP contribution < -0.4 is 4.90 Å². The third-order valence-corrected chi connectivity index (χ3v) is 7.58. The smallest absolute Gasteiger partial charge is 0.240 e. The van der Waals surface area contributed by atoms with Gasteiger partial charge in [-0.3, -0.25) is 0 Å². The zero-order chi connectivity index (χ0) is 19.9. The van der Waals surface area contributed by atoms with Crippen molar-refractivity contribution in [3.05, 3.63) is 47.3 Å². The van der Waals surface area contributed by atoms with Crippen LogP contribution >= 0.6 is 11.3 Å². The van der Waals surface area contributed by atoms with Gasteiger partial charge in [0.25, 0.3) is 0 Å². The second-order valence-corrected chi connectivity index (χ2v) is 10.6. The van der Waals surface area contributed by atoms with Crippen LogP contribution in [0.4, 0.5) is 5.88 Å². The summed E-state index contributed by atoms with van der Waals surface area (Å²) in [6, 6.07) is 10.7. The molecule has 0 aliphatic carbocycles. The standard InChI is InChI=1S/C21H24N2O3S2/c1-14-6-8-17(9-7-14)28(24,25)20-21(23-12-15(2)11-16(3)13-23)26-19(22-20)18-5-4-10-27-18/h4-10,15-16H,11-13H2,1-3H3/t15-,16-/m0/s1. The van der Waals surface area contributed by atoms with Gasteiger partial charge in [-0.15, -0.1) is 11.3 Å². The third kappa shape index (κ3) is 3.61. The van der Waals surface area contributed by atoms with Crippen molar-refractivity contribution in [3.63, 3.8) is 0 Å². The van der Waals surface area contributed by atoms with E-state index in [-0.39, 0.29) is 9.92 Å². The van der Waals surface area contributed by atoms with E-state index in [1.807, 2.05) is 29.3 Å². The molecule has 4 rings (SSSR count). The maximum absolute atomic E-state index is 13.4. The van der Waals surface area contributed by atoms with E-state index >= 15 is 0 Å². The summed E-state index contributed by atoms with van der Waals surface area (Å²) >= 11 is 1.48. The van der Waals surface area contributed by atoms with Gasteiger partial charge in [-0.1, -0.05) is 37.6 Å². The van der Waals surface area contributed by atoms with Gasteiger partial charge in [-0.2, -0.15) is 4.98 Å². The van der Waals surface area contributed by atoms with Gasteiger partial charge in [0.2, 0.25) is 26.6 Å². The molecule has 0 unspecified atom stereocenters. The largest absolute Gasteiger partial charge is 0.418 e. The first-order valence-corrected chi connectivity index (χ1v) is 11.8. The lowest BCUT2D eigenvalue weighted by Crippen LogP contribution is -2.39. The summed E-state index contributed by atoms with van der Waals surface area (Å²) in [5.41, 5.74) is 1.01. The number of anilines is 1. The van der Waals surface area contributed by atoms with Gasteiger partial charge in [0.15, 0.2) is 0 Å². The monoisotopic (exact) mass is 416 g/mol. The van der Waals surface area contributed by atoms with Crippen LogP contribution in [0.2, 0.25) is 0 Å². The van der Waals surface area contributed by atoms with Crippen LogP contribution in [0.25, 0.3) is 10.8 Å². The van der Waals surface area contributed by atoms with Crippen molar-refractivity contribution in [1.82, 2.24) is 4.98 Å². The van der Waals surface area contributed by atoms with Crippen LogP contribution in [0.15, 0.2) is 56.1 Å². The Morgan fingerprint density at radius 3 is 2.39 bits per heavy atom. The molecule has 7 heteroatoms. The van der Waals surface area contributed by atoms with E-state index in [1.54, 1.807) is 24.3 Å². The summed E-state index contributed by atoms with van der Waals surface area (Å²) < 4.78 is 32.9. The second-order valence-electron chi connectivity index (χ2n) is 7.77. The van der Waals surface area contributed by atoms with Gasteiger partial charge in [0, 0.05) is 13.1 Å². The van der Waals surface area contributed by atoms with Crippen LogP contribution in [0.5, 0.6) is 0 Å². The van der Waals surface area contributed by atoms with Gasteiger partial charge in [0.1, 0.15) is 0 Å². The lowest BCUT2D eigenvalue weighted by molar-refractivity contribution is 0.342. The quantitative estimate of drug-likeness (QED) is 0.597. The highest BCUT2D eigenvalue weighted by Gasteiger charge is 2.34. The van der Waals surface area contributed by atoms with Crippen molar-refractivity contribution in [2.45, 2.75) is 37.1 Å². The number of benzene rings is 1. The number of nitrogens with zero attached hydrogens (tertiary/aromatic N) is 2. The second kappa shape index (κ2) is 7.37. The Labute approximate surface area is 169 Å². The van der Waals surface area contributed by atoms with Gasteiger partial charge >= 0.3 is 0 Å². The Balaban J connectivity index is 1.84. The van der Waals surface area contributed by atoms with E-state index in [0.29, 0.717) is 23.6 Å². The topological polar surface area (TPSA) is 63.4 Å². The molecule has 0 spiro atoms. The zero-order valence-electron chi connectivity index (χ0n) is 16.3. The molecule has 28 heavy (non-hydrogen) atoms. The number of hydrogen-bond donors (Lipinski definition) is 0. The molecular weight excluding hydrogens is 392 g/mol. The Morgan fingerprint density at radius 1 is 1.11 bits per heavy atom. The number of sulfone groups is 1. The zero-order valence-corrected chi connectivity index (χ0v) is 17.9. The first-order valence-electron chi connectivity index (χ1n) is 9.46. The number of aryl methyl sites for hydroxylation is 1. The number of aromatic nitrogens is 1. The number of oxazole rings is 1. The third-order valence-electron chi connectivity index (χ3n) is 5.05. The lowest BCUT2D eigenvalue weighted by atomic mass is 9.92. The Kier molecular flexibility index (Phi) is 5.05. The van der Waals surface area contributed by atoms with Gasteiger partial charge in [0.05, 0.1) is 9.77 Å². The van der Waals surface area contributed by atoms with Crippen molar-refractivity contribution in [2.75, 3.05) is 18.0 Å². The Bertz CT molecular complexity index is 1040. The molecule has 1 aromatic carbocycles. The summed E-state index contributed by atoms with van der Waals surface area (Å²) in [6.07, 6.45) is 1.13. The fourth-order valence-electron chi connectivity index (χ4n) is 3.84. The normalized spacial score (nSPS) is 20.5. The summed E-state index contributed by atoms with van der Waals surface area (Å²) in [5, 5.41) is 1.94. The summed E-state index contributed by atoms with van der Waals surface area (Å²) in [6.45, 7) is 7.84. The molecule has 0 radical (unpaired) electrons. The SMILES string of the molecule is Cc1ccc(S(=O)(=O)c2nc(-c3cccs3)oc2N2C[C@@H](C)C[C@H](C)C2)cc1. The maximum atomic E-state index is 13.4. The van der Waals surface area contributed by atoms with Crippen molar-refractivity contribution < 1.29 is 12.8 Å². The fourth-order valence-corrected chi connectivity index (χ4v) is 5.81. The van der Waals surface area contributed by atoms with E-state index in [0.717, 1.165) is 30.0 Å². The average Bonchev–Trinajstić information content (AvgIpc) is 3.31. The summed E-state index contributed by atoms with van der Waals surface area (Å²) in [7, 11) is -3.78. The van der Waals surface area contributed by atoms with Crippen LogP contribution in [0, 0.1) is 18.8 Å². The van der Waals surface area contributed by atoms with E-state index in [2.05, 4.69) is 18.8 Å². The predicted octanol–water partition coefficient (Wildman–Crippen LogP) is 5.03. The van der Waals surface area contributed by atoms with E-state index in [1.165, 1.54) is 11.3 Å². The highest BCUT2D eigenvalue weighted by molar-refractivity contribution is 7.91. The molecular formula is C21H24N2O3S2.